The van der Waals surface area contributed by atoms with Crippen LogP contribution < -0.4 is 11.5 Å². The van der Waals surface area contributed by atoms with Crippen molar-refractivity contribution in [3.05, 3.63) is 35.9 Å². The Balaban J connectivity index is 0.000000283. The molecule has 2 heterocycles. The van der Waals surface area contributed by atoms with Gasteiger partial charge in [0.15, 0.2) is 0 Å². The van der Waals surface area contributed by atoms with Crippen LogP contribution in [0.4, 0.5) is 11.9 Å². The maximum atomic E-state index is 5.24. The summed E-state index contributed by atoms with van der Waals surface area (Å²) in [6, 6.07) is 3.60. The summed E-state index contributed by atoms with van der Waals surface area (Å²) in [6.45, 7) is 7.75. The fourth-order valence-electron chi connectivity index (χ4n) is 0.937. The van der Waals surface area contributed by atoms with Gasteiger partial charge in [0.1, 0.15) is 0 Å². The molecule has 0 amide bonds. The lowest BCUT2D eigenvalue weighted by atomic mass is 10.5. The molecule has 0 saturated heterocycles. The molecule has 0 spiro atoms. The third-order valence-corrected chi connectivity index (χ3v) is 1.63. The topological polar surface area (TPSA) is 104 Å². The number of rotatable bonds is 0. The molecule has 6 heteroatoms. The standard InChI is InChI=1S/2C5H7N3.C2H6/c2*1-4-2-3-7-5(6)8-4;1-2/h2*2-3H,1H3,(H2,6,7,8);1-2H3. The Morgan fingerprint density at radius 2 is 1.11 bits per heavy atom. The third-order valence-electron chi connectivity index (χ3n) is 1.63. The summed E-state index contributed by atoms with van der Waals surface area (Å²) < 4.78 is 0. The van der Waals surface area contributed by atoms with Crippen molar-refractivity contribution in [3.8, 4) is 0 Å². The molecule has 2 rings (SSSR count). The molecular weight excluding hydrogens is 228 g/mol. The van der Waals surface area contributed by atoms with Gasteiger partial charge in [0.05, 0.1) is 0 Å². The Bertz CT molecular complexity index is 380. The lowest BCUT2D eigenvalue weighted by Crippen LogP contribution is -1.93. The van der Waals surface area contributed by atoms with Crippen LogP contribution in [0.1, 0.15) is 25.2 Å². The van der Waals surface area contributed by atoms with Crippen molar-refractivity contribution in [2.45, 2.75) is 27.7 Å². The second kappa shape index (κ2) is 8.86. The van der Waals surface area contributed by atoms with Gasteiger partial charge in [-0.05, 0) is 26.0 Å². The van der Waals surface area contributed by atoms with E-state index in [1.807, 2.05) is 27.7 Å². The van der Waals surface area contributed by atoms with Crippen LogP contribution >= 0.6 is 0 Å². The van der Waals surface area contributed by atoms with E-state index in [1.165, 1.54) is 0 Å². The first-order valence-electron chi connectivity index (χ1n) is 5.68. The van der Waals surface area contributed by atoms with E-state index in [-0.39, 0.29) is 0 Å². The predicted molar refractivity (Wildman–Crippen MR) is 73.7 cm³/mol. The van der Waals surface area contributed by atoms with E-state index in [0.29, 0.717) is 11.9 Å². The van der Waals surface area contributed by atoms with Crippen molar-refractivity contribution >= 4 is 11.9 Å². The first-order chi connectivity index (χ1) is 8.58. The van der Waals surface area contributed by atoms with Crippen molar-refractivity contribution in [1.29, 1.82) is 0 Å². The molecule has 2 aromatic heterocycles. The van der Waals surface area contributed by atoms with Crippen LogP contribution in [0.5, 0.6) is 0 Å². The Kier molecular flexibility index (Phi) is 7.76. The van der Waals surface area contributed by atoms with Crippen LogP contribution in [-0.4, -0.2) is 19.9 Å². The summed E-state index contributed by atoms with van der Waals surface area (Å²) in [4.78, 5) is 15.1. The van der Waals surface area contributed by atoms with E-state index in [0.717, 1.165) is 11.4 Å². The Labute approximate surface area is 108 Å². The molecule has 0 unspecified atom stereocenters. The van der Waals surface area contributed by atoms with E-state index in [9.17, 15) is 0 Å². The number of nitrogen functional groups attached to an aromatic ring is 2. The lowest BCUT2D eigenvalue weighted by molar-refractivity contribution is 1.12. The molecule has 0 aliphatic carbocycles. The van der Waals surface area contributed by atoms with Crippen molar-refractivity contribution in [2.75, 3.05) is 11.5 Å². The molecule has 0 bridgehead atoms. The van der Waals surface area contributed by atoms with E-state index in [4.69, 9.17) is 11.5 Å². The highest BCUT2D eigenvalue weighted by atomic mass is 15.0. The molecule has 2 aromatic rings. The van der Waals surface area contributed by atoms with Gasteiger partial charge in [-0.1, -0.05) is 13.8 Å². The molecule has 18 heavy (non-hydrogen) atoms. The zero-order chi connectivity index (χ0) is 14.0. The molecule has 0 saturated carbocycles. The molecule has 0 fully saturated rings. The summed E-state index contributed by atoms with van der Waals surface area (Å²) in [5, 5.41) is 0. The van der Waals surface area contributed by atoms with Crippen molar-refractivity contribution in [1.82, 2.24) is 19.9 Å². The van der Waals surface area contributed by atoms with Crippen molar-refractivity contribution < 1.29 is 0 Å². The summed E-state index contributed by atoms with van der Waals surface area (Å²) in [7, 11) is 0. The largest absolute Gasteiger partial charge is 0.368 e. The molecule has 0 radical (unpaired) electrons. The number of anilines is 2. The van der Waals surface area contributed by atoms with Crippen molar-refractivity contribution in [2.24, 2.45) is 0 Å². The van der Waals surface area contributed by atoms with Gasteiger partial charge in [-0.2, -0.15) is 0 Å². The van der Waals surface area contributed by atoms with Crippen LogP contribution in [0.3, 0.4) is 0 Å². The van der Waals surface area contributed by atoms with Gasteiger partial charge >= 0.3 is 0 Å². The maximum absolute atomic E-state index is 5.24. The molecule has 0 aromatic carbocycles. The fourth-order valence-corrected chi connectivity index (χ4v) is 0.937. The zero-order valence-corrected chi connectivity index (χ0v) is 11.3. The lowest BCUT2D eigenvalue weighted by Gasteiger charge is -1.89. The quantitative estimate of drug-likeness (QED) is 0.736. The number of nitrogens with zero attached hydrogens (tertiary/aromatic N) is 4. The van der Waals surface area contributed by atoms with Crippen LogP contribution in [0.15, 0.2) is 24.5 Å². The molecule has 0 aliphatic heterocycles. The SMILES string of the molecule is CC.Cc1ccnc(N)n1.Cc1ccnc(N)n1. The number of nitrogens with two attached hydrogens (primary N) is 2. The minimum absolute atomic E-state index is 0.338. The summed E-state index contributed by atoms with van der Waals surface area (Å²) in [5.41, 5.74) is 12.3. The van der Waals surface area contributed by atoms with Crippen LogP contribution in [-0.2, 0) is 0 Å². The molecule has 6 nitrogen and oxygen atoms in total. The fraction of sp³-hybridized carbons (Fsp3) is 0.333. The van der Waals surface area contributed by atoms with Gasteiger partial charge < -0.3 is 11.5 Å². The third kappa shape index (κ3) is 7.10. The highest BCUT2D eigenvalue weighted by molar-refractivity contribution is 5.16. The summed E-state index contributed by atoms with van der Waals surface area (Å²) in [6.07, 6.45) is 3.27. The van der Waals surface area contributed by atoms with Crippen LogP contribution in [0.2, 0.25) is 0 Å². The van der Waals surface area contributed by atoms with Crippen molar-refractivity contribution in [3.63, 3.8) is 0 Å². The minimum atomic E-state index is 0.338. The molecule has 0 atom stereocenters. The highest BCUT2D eigenvalue weighted by Gasteiger charge is 1.84. The smallest absolute Gasteiger partial charge is 0.220 e. The number of aryl methyl sites for hydroxylation is 2. The predicted octanol–water partition coefficient (Wildman–Crippen LogP) is 1.76. The number of hydrogen-bond acceptors (Lipinski definition) is 6. The van der Waals surface area contributed by atoms with Crippen LogP contribution in [0, 0.1) is 13.8 Å². The molecule has 98 valence electrons. The van der Waals surface area contributed by atoms with Gasteiger partial charge in [-0.15, -0.1) is 0 Å². The van der Waals surface area contributed by atoms with Gasteiger partial charge in [0, 0.05) is 23.8 Å². The van der Waals surface area contributed by atoms with E-state index in [2.05, 4.69) is 19.9 Å². The minimum Gasteiger partial charge on any atom is -0.368 e. The maximum Gasteiger partial charge on any atom is 0.220 e. The average Bonchev–Trinajstić information content (AvgIpc) is 2.31. The highest BCUT2D eigenvalue weighted by Crippen LogP contribution is 1.91. The van der Waals surface area contributed by atoms with Gasteiger partial charge in [0.25, 0.3) is 0 Å². The first kappa shape index (κ1) is 15.8. The summed E-state index contributed by atoms with van der Waals surface area (Å²) >= 11 is 0. The van der Waals surface area contributed by atoms with Crippen LogP contribution in [0.25, 0.3) is 0 Å². The Hall–Kier alpha value is -2.24. The average molecular weight is 248 g/mol. The normalized spacial score (nSPS) is 8.44. The second-order valence-corrected chi connectivity index (χ2v) is 3.11. The first-order valence-corrected chi connectivity index (χ1v) is 5.68. The molecule has 0 aliphatic rings. The monoisotopic (exact) mass is 248 g/mol. The number of hydrogen-bond donors (Lipinski definition) is 2. The van der Waals surface area contributed by atoms with E-state index >= 15 is 0 Å². The number of aromatic nitrogens is 4. The molecular formula is C12H20N6. The molecule has 4 N–H and O–H groups in total. The Morgan fingerprint density at radius 1 is 0.778 bits per heavy atom. The van der Waals surface area contributed by atoms with E-state index in [1.54, 1.807) is 24.5 Å². The van der Waals surface area contributed by atoms with Gasteiger partial charge in [0.2, 0.25) is 11.9 Å². The summed E-state index contributed by atoms with van der Waals surface area (Å²) in [5.74, 6) is 0.676. The zero-order valence-electron chi connectivity index (χ0n) is 11.3. The Morgan fingerprint density at radius 3 is 1.28 bits per heavy atom. The van der Waals surface area contributed by atoms with E-state index < -0.39 is 0 Å². The second-order valence-electron chi connectivity index (χ2n) is 3.11. The van der Waals surface area contributed by atoms with Gasteiger partial charge in [-0.3, -0.25) is 0 Å². The van der Waals surface area contributed by atoms with Gasteiger partial charge in [-0.25, -0.2) is 19.9 Å².